The smallest absolute Gasteiger partial charge is 0.0127 e. The molecule has 0 aromatic rings. The van der Waals surface area contributed by atoms with E-state index in [-0.39, 0.29) is 0 Å². The second-order valence-electron chi connectivity index (χ2n) is 6.17. The summed E-state index contributed by atoms with van der Waals surface area (Å²) < 4.78 is 0. The SMILES string of the molecule is CCCCCC(C)(C)NC1CCCCCC1. The van der Waals surface area contributed by atoms with Crippen LogP contribution in [-0.2, 0) is 0 Å². The van der Waals surface area contributed by atoms with Crippen molar-refractivity contribution in [2.45, 2.75) is 96.6 Å². The lowest BCUT2D eigenvalue weighted by molar-refractivity contribution is 0.288. The van der Waals surface area contributed by atoms with Gasteiger partial charge in [-0.15, -0.1) is 0 Å². The van der Waals surface area contributed by atoms with Gasteiger partial charge in [0.1, 0.15) is 0 Å². The van der Waals surface area contributed by atoms with Gasteiger partial charge in [0.05, 0.1) is 0 Å². The van der Waals surface area contributed by atoms with E-state index < -0.39 is 0 Å². The molecule has 0 heterocycles. The molecule has 0 aliphatic heterocycles. The number of nitrogens with one attached hydrogen (secondary N) is 1. The number of hydrogen-bond acceptors (Lipinski definition) is 1. The standard InChI is InChI=1S/C15H31N/c1-4-5-10-13-15(2,3)16-14-11-8-6-7-9-12-14/h14,16H,4-13H2,1-3H3. The minimum Gasteiger partial charge on any atom is -0.309 e. The fraction of sp³-hybridized carbons (Fsp3) is 1.00. The molecule has 1 aliphatic rings. The van der Waals surface area contributed by atoms with Crippen LogP contribution in [0.15, 0.2) is 0 Å². The van der Waals surface area contributed by atoms with Crippen LogP contribution in [-0.4, -0.2) is 11.6 Å². The van der Waals surface area contributed by atoms with Gasteiger partial charge in [-0.3, -0.25) is 0 Å². The van der Waals surface area contributed by atoms with E-state index in [4.69, 9.17) is 0 Å². The minimum absolute atomic E-state index is 0.351. The molecule has 0 radical (unpaired) electrons. The first-order valence-corrected chi connectivity index (χ1v) is 7.42. The van der Waals surface area contributed by atoms with Gasteiger partial charge in [0.2, 0.25) is 0 Å². The molecule has 1 rings (SSSR count). The molecular formula is C15H31N. The van der Waals surface area contributed by atoms with Crippen molar-refractivity contribution in [1.29, 1.82) is 0 Å². The summed E-state index contributed by atoms with van der Waals surface area (Å²) in [5, 5.41) is 3.89. The lowest BCUT2D eigenvalue weighted by Gasteiger charge is -2.32. The molecule has 1 aliphatic carbocycles. The van der Waals surface area contributed by atoms with Gasteiger partial charge in [0.15, 0.2) is 0 Å². The maximum absolute atomic E-state index is 3.89. The highest BCUT2D eigenvalue weighted by molar-refractivity contribution is 4.83. The van der Waals surface area contributed by atoms with E-state index in [1.807, 2.05) is 0 Å². The van der Waals surface area contributed by atoms with Crippen LogP contribution in [0.1, 0.15) is 85.0 Å². The van der Waals surface area contributed by atoms with Crippen LogP contribution in [0.5, 0.6) is 0 Å². The quantitative estimate of drug-likeness (QED) is 0.512. The summed E-state index contributed by atoms with van der Waals surface area (Å²) in [6.07, 6.45) is 14.0. The van der Waals surface area contributed by atoms with Crippen molar-refractivity contribution in [3.8, 4) is 0 Å². The van der Waals surface area contributed by atoms with E-state index in [1.165, 1.54) is 64.2 Å². The molecule has 0 atom stereocenters. The molecule has 0 saturated heterocycles. The van der Waals surface area contributed by atoms with Crippen molar-refractivity contribution >= 4 is 0 Å². The minimum atomic E-state index is 0.351. The first kappa shape index (κ1) is 14.0. The van der Waals surface area contributed by atoms with E-state index in [2.05, 4.69) is 26.1 Å². The summed E-state index contributed by atoms with van der Waals surface area (Å²) in [6, 6.07) is 0.791. The molecule has 0 aromatic carbocycles. The Morgan fingerprint density at radius 2 is 1.62 bits per heavy atom. The summed E-state index contributed by atoms with van der Waals surface area (Å²) in [5.74, 6) is 0. The van der Waals surface area contributed by atoms with E-state index in [0.29, 0.717) is 5.54 Å². The highest BCUT2D eigenvalue weighted by atomic mass is 15.0. The van der Waals surface area contributed by atoms with E-state index in [1.54, 1.807) is 0 Å². The fourth-order valence-corrected chi connectivity index (χ4v) is 2.87. The monoisotopic (exact) mass is 225 g/mol. The average molecular weight is 225 g/mol. The third-order valence-electron chi connectivity index (χ3n) is 3.86. The number of rotatable bonds is 6. The second-order valence-corrected chi connectivity index (χ2v) is 6.17. The van der Waals surface area contributed by atoms with Crippen LogP contribution in [0.2, 0.25) is 0 Å². The van der Waals surface area contributed by atoms with Crippen LogP contribution >= 0.6 is 0 Å². The van der Waals surface area contributed by atoms with Gasteiger partial charge in [-0.25, -0.2) is 0 Å². The molecule has 1 heteroatoms. The Labute approximate surface area is 102 Å². The zero-order valence-corrected chi connectivity index (χ0v) is 11.6. The largest absolute Gasteiger partial charge is 0.309 e. The highest BCUT2D eigenvalue weighted by Crippen LogP contribution is 2.21. The Bertz CT molecular complexity index is 166. The summed E-state index contributed by atoms with van der Waals surface area (Å²) >= 11 is 0. The molecule has 16 heavy (non-hydrogen) atoms. The van der Waals surface area contributed by atoms with Gasteiger partial charge in [-0.05, 0) is 33.1 Å². The predicted molar refractivity (Wildman–Crippen MR) is 72.8 cm³/mol. The molecular weight excluding hydrogens is 194 g/mol. The van der Waals surface area contributed by atoms with Crippen molar-refractivity contribution in [3.05, 3.63) is 0 Å². The van der Waals surface area contributed by atoms with Gasteiger partial charge in [0.25, 0.3) is 0 Å². The van der Waals surface area contributed by atoms with Crippen molar-refractivity contribution in [3.63, 3.8) is 0 Å². The molecule has 0 amide bonds. The molecule has 96 valence electrons. The Kier molecular flexibility index (Phi) is 6.41. The van der Waals surface area contributed by atoms with Gasteiger partial charge >= 0.3 is 0 Å². The molecule has 0 unspecified atom stereocenters. The Hall–Kier alpha value is -0.0400. The third-order valence-corrected chi connectivity index (χ3v) is 3.86. The summed E-state index contributed by atoms with van der Waals surface area (Å²) in [7, 11) is 0. The van der Waals surface area contributed by atoms with Gasteiger partial charge in [0, 0.05) is 11.6 Å². The van der Waals surface area contributed by atoms with Gasteiger partial charge in [-0.2, -0.15) is 0 Å². The average Bonchev–Trinajstić information content (AvgIpc) is 2.46. The van der Waals surface area contributed by atoms with Crippen molar-refractivity contribution in [2.24, 2.45) is 0 Å². The predicted octanol–water partition coefficient (Wildman–Crippen LogP) is 4.66. The molecule has 1 fully saturated rings. The summed E-state index contributed by atoms with van der Waals surface area (Å²) in [5.41, 5.74) is 0.351. The lowest BCUT2D eigenvalue weighted by atomic mass is 9.94. The zero-order chi connectivity index (χ0) is 11.9. The Balaban J connectivity index is 2.26. The zero-order valence-electron chi connectivity index (χ0n) is 11.6. The normalized spacial score (nSPS) is 19.7. The Morgan fingerprint density at radius 3 is 2.19 bits per heavy atom. The van der Waals surface area contributed by atoms with Gasteiger partial charge in [-0.1, -0.05) is 51.9 Å². The molecule has 0 bridgehead atoms. The third kappa shape index (κ3) is 5.89. The van der Waals surface area contributed by atoms with E-state index in [0.717, 1.165) is 6.04 Å². The second kappa shape index (κ2) is 7.32. The van der Waals surface area contributed by atoms with Crippen molar-refractivity contribution in [1.82, 2.24) is 5.32 Å². The van der Waals surface area contributed by atoms with E-state index >= 15 is 0 Å². The van der Waals surface area contributed by atoms with Crippen LogP contribution in [0.25, 0.3) is 0 Å². The van der Waals surface area contributed by atoms with Gasteiger partial charge < -0.3 is 5.32 Å². The number of hydrogen-bond donors (Lipinski definition) is 1. The van der Waals surface area contributed by atoms with Crippen molar-refractivity contribution in [2.75, 3.05) is 0 Å². The summed E-state index contributed by atoms with van der Waals surface area (Å²) in [6.45, 7) is 7.05. The summed E-state index contributed by atoms with van der Waals surface area (Å²) in [4.78, 5) is 0. The lowest BCUT2D eigenvalue weighted by Crippen LogP contribution is -2.45. The van der Waals surface area contributed by atoms with Crippen LogP contribution in [0.3, 0.4) is 0 Å². The number of unbranched alkanes of at least 4 members (excludes halogenated alkanes) is 2. The van der Waals surface area contributed by atoms with Crippen molar-refractivity contribution < 1.29 is 0 Å². The molecule has 1 N–H and O–H groups in total. The maximum Gasteiger partial charge on any atom is 0.0127 e. The molecule has 0 aromatic heterocycles. The first-order chi connectivity index (χ1) is 7.64. The fourth-order valence-electron chi connectivity index (χ4n) is 2.87. The first-order valence-electron chi connectivity index (χ1n) is 7.42. The molecule has 1 nitrogen and oxygen atoms in total. The maximum atomic E-state index is 3.89. The molecule has 0 spiro atoms. The molecule has 1 saturated carbocycles. The van der Waals surface area contributed by atoms with Crippen LogP contribution < -0.4 is 5.32 Å². The Morgan fingerprint density at radius 1 is 1.00 bits per heavy atom. The highest BCUT2D eigenvalue weighted by Gasteiger charge is 2.22. The van der Waals surface area contributed by atoms with Crippen LogP contribution in [0.4, 0.5) is 0 Å². The van der Waals surface area contributed by atoms with Crippen LogP contribution in [0, 0.1) is 0 Å². The topological polar surface area (TPSA) is 12.0 Å². The van der Waals surface area contributed by atoms with E-state index in [9.17, 15) is 0 Å².